The summed E-state index contributed by atoms with van der Waals surface area (Å²) in [5.41, 5.74) is 3.69. The minimum atomic E-state index is 0.414. The van der Waals surface area contributed by atoms with Gasteiger partial charge in [0.05, 0.1) is 0 Å². The van der Waals surface area contributed by atoms with E-state index < -0.39 is 0 Å². The average molecular weight is 163 g/mol. The van der Waals surface area contributed by atoms with Gasteiger partial charge in [-0.2, -0.15) is 0 Å². The number of phenolic OH excluding ortho intramolecular Hbond substituents is 1. The van der Waals surface area contributed by atoms with Crippen LogP contribution in [0.5, 0.6) is 5.75 Å². The summed E-state index contributed by atoms with van der Waals surface area (Å²) in [5, 5.41) is 12.7. The molecule has 1 aromatic rings. The highest BCUT2D eigenvalue weighted by Gasteiger charge is 2.12. The van der Waals surface area contributed by atoms with E-state index in [4.69, 9.17) is 0 Å². The Morgan fingerprint density at radius 3 is 3.08 bits per heavy atom. The molecule has 2 nitrogen and oxygen atoms in total. The molecule has 0 aliphatic carbocycles. The fourth-order valence-corrected chi connectivity index (χ4v) is 1.72. The van der Waals surface area contributed by atoms with Crippen LogP contribution >= 0.6 is 0 Å². The first kappa shape index (κ1) is 7.62. The quantitative estimate of drug-likeness (QED) is 0.605. The summed E-state index contributed by atoms with van der Waals surface area (Å²) in [4.78, 5) is 0. The Bertz CT molecular complexity index is 307. The normalized spacial score (nSPS) is 15.8. The highest BCUT2D eigenvalue weighted by molar-refractivity contribution is 5.44. The second-order valence-corrected chi connectivity index (χ2v) is 3.27. The predicted molar refractivity (Wildman–Crippen MR) is 48.3 cm³/mol. The van der Waals surface area contributed by atoms with Crippen molar-refractivity contribution in [1.29, 1.82) is 0 Å². The van der Waals surface area contributed by atoms with Crippen LogP contribution in [0.1, 0.15) is 16.7 Å². The van der Waals surface area contributed by atoms with E-state index >= 15 is 0 Å². The van der Waals surface area contributed by atoms with Gasteiger partial charge < -0.3 is 10.4 Å². The van der Waals surface area contributed by atoms with Crippen molar-refractivity contribution in [2.45, 2.75) is 19.9 Å². The molecule has 0 amide bonds. The van der Waals surface area contributed by atoms with Crippen molar-refractivity contribution >= 4 is 0 Å². The SMILES string of the molecule is Cc1c(O)ccc2c1CNCC2. The minimum absolute atomic E-state index is 0.414. The Kier molecular flexibility index (Phi) is 1.77. The third-order valence-electron chi connectivity index (χ3n) is 2.54. The summed E-state index contributed by atoms with van der Waals surface area (Å²) in [6, 6.07) is 3.82. The van der Waals surface area contributed by atoms with Gasteiger partial charge in [0.25, 0.3) is 0 Å². The summed E-state index contributed by atoms with van der Waals surface area (Å²) in [6.07, 6.45) is 1.08. The highest BCUT2D eigenvalue weighted by atomic mass is 16.3. The molecular formula is C10H13NO. The molecule has 12 heavy (non-hydrogen) atoms. The van der Waals surface area contributed by atoms with Gasteiger partial charge in [0, 0.05) is 6.54 Å². The molecule has 1 aromatic carbocycles. The van der Waals surface area contributed by atoms with Gasteiger partial charge in [-0.25, -0.2) is 0 Å². The molecule has 0 atom stereocenters. The molecular weight excluding hydrogens is 150 g/mol. The first-order chi connectivity index (χ1) is 5.79. The van der Waals surface area contributed by atoms with Crippen molar-refractivity contribution in [2.24, 2.45) is 0 Å². The van der Waals surface area contributed by atoms with Crippen LogP contribution in [0.3, 0.4) is 0 Å². The largest absolute Gasteiger partial charge is 0.508 e. The molecule has 0 saturated heterocycles. The Morgan fingerprint density at radius 1 is 1.42 bits per heavy atom. The van der Waals surface area contributed by atoms with Crippen molar-refractivity contribution in [3.63, 3.8) is 0 Å². The topological polar surface area (TPSA) is 32.3 Å². The van der Waals surface area contributed by atoms with E-state index in [9.17, 15) is 5.11 Å². The second-order valence-electron chi connectivity index (χ2n) is 3.27. The number of fused-ring (bicyclic) bond motifs is 1. The van der Waals surface area contributed by atoms with Gasteiger partial charge in [0.2, 0.25) is 0 Å². The number of nitrogens with one attached hydrogen (secondary N) is 1. The average Bonchev–Trinajstić information content (AvgIpc) is 2.12. The van der Waals surface area contributed by atoms with E-state index in [2.05, 4.69) is 5.32 Å². The fraction of sp³-hybridized carbons (Fsp3) is 0.400. The molecule has 0 saturated carbocycles. The fourth-order valence-electron chi connectivity index (χ4n) is 1.72. The maximum atomic E-state index is 9.45. The van der Waals surface area contributed by atoms with Gasteiger partial charge in [-0.3, -0.25) is 0 Å². The highest BCUT2D eigenvalue weighted by Crippen LogP contribution is 2.25. The lowest BCUT2D eigenvalue weighted by molar-refractivity contribution is 0.468. The number of rotatable bonds is 0. The lowest BCUT2D eigenvalue weighted by atomic mass is 9.96. The third kappa shape index (κ3) is 1.08. The number of aromatic hydroxyl groups is 1. The van der Waals surface area contributed by atoms with Crippen molar-refractivity contribution in [3.8, 4) is 5.75 Å². The summed E-state index contributed by atoms with van der Waals surface area (Å²) in [5.74, 6) is 0.414. The van der Waals surface area contributed by atoms with Gasteiger partial charge in [0.15, 0.2) is 0 Å². The number of benzene rings is 1. The Balaban J connectivity index is 2.54. The molecule has 64 valence electrons. The first-order valence-electron chi connectivity index (χ1n) is 4.30. The van der Waals surface area contributed by atoms with E-state index in [-0.39, 0.29) is 0 Å². The molecule has 2 rings (SSSR count). The van der Waals surface area contributed by atoms with Crippen LogP contribution in [0.25, 0.3) is 0 Å². The maximum absolute atomic E-state index is 9.45. The third-order valence-corrected chi connectivity index (χ3v) is 2.54. The van der Waals surface area contributed by atoms with Crippen LogP contribution in [0.15, 0.2) is 12.1 Å². The second kappa shape index (κ2) is 2.79. The van der Waals surface area contributed by atoms with E-state index in [1.807, 2.05) is 13.0 Å². The van der Waals surface area contributed by atoms with Crippen molar-refractivity contribution in [3.05, 3.63) is 28.8 Å². The van der Waals surface area contributed by atoms with Crippen LogP contribution in [0.4, 0.5) is 0 Å². The van der Waals surface area contributed by atoms with Gasteiger partial charge in [-0.1, -0.05) is 6.07 Å². The van der Waals surface area contributed by atoms with Gasteiger partial charge in [0.1, 0.15) is 5.75 Å². The minimum Gasteiger partial charge on any atom is -0.508 e. The smallest absolute Gasteiger partial charge is 0.118 e. The lowest BCUT2D eigenvalue weighted by Crippen LogP contribution is -2.24. The molecule has 0 bridgehead atoms. The van der Waals surface area contributed by atoms with Crippen LogP contribution in [-0.2, 0) is 13.0 Å². The number of hydrogen-bond donors (Lipinski definition) is 2. The Hall–Kier alpha value is -1.02. The first-order valence-corrected chi connectivity index (χ1v) is 4.30. The molecule has 1 aliphatic heterocycles. The zero-order valence-corrected chi connectivity index (χ0v) is 7.22. The summed E-state index contributed by atoms with van der Waals surface area (Å²) in [6.45, 7) is 3.92. The van der Waals surface area contributed by atoms with Crippen LogP contribution in [-0.4, -0.2) is 11.7 Å². The van der Waals surface area contributed by atoms with E-state index in [0.29, 0.717) is 5.75 Å². The predicted octanol–water partition coefficient (Wildman–Crippen LogP) is 1.35. The van der Waals surface area contributed by atoms with Gasteiger partial charge >= 0.3 is 0 Å². The summed E-state index contributed by atoms with van der Waals surface area (Å²) < 4.78 is 0. The standard InChI is InChI=1S/C10H13NO/c1-7-9-6-11-5-4-8(9)2-3-10(7)12/h2-3,11-12H,4-6H2,1H3. The van der Waals surface area contributed by atoms with Crippen molar-refractivity contribution < 1.29 is 5.11 Å². The van der Waals surface area contributed by atoms with E-state index in [1.165, 1.54) is 11.1 Å². The number of hydrogen-bond acceptors (Lipinski definition) is 2. The zero-order chi connectivity index (χ0) is 8.55. The Morgan fingerprint density at radius 2 is 2.25 bits per heavy atom. The molecule has 0 fully saturated rings. The van der Waals surface area contributed by atoms with Crippen LogP contribution in [0.2, 0.25) is 0 Å². The van der Waals surface area contributed by atoms with E-state index in [1.54, 1.807) is 6.07 Å². The molecule has 0 radical (unpaired) electrons. The zero-order valence-electron chi connectivity index (χ0n) is 7.22. The molecule has 0 spiro atoms. The van der Waals surface area contributed by atoms with Crippen LogP contribution < -0.4 is 5.32 Å². The number of phenols is 1. The summed E-state index contributed by atoms with van der Waals surface area (Å²) in [7, 11) is 0. The molecule has 0 unspecified atom stereocenters. The molecule has 2 heteroatoms. The van der Waals surface area contributed by atoms with E-state index in [0.717, 1.165) is 25.1 Å². The summed E-state index contributed by atoms with van der Waals surface area (Å²) >= 11 is 0. The molecule has 1 heterocycles. The Labute approximate surface area is 72.2 Å². The monoisotopic (exact) mass is 163 g/mol. The van der Waals surface area contributed by atoms with Gasteiger partial charge in [-0.15, -0.1) is 0 Å². The van der Waals surface area contributed by atoms with Gasteiger partial charge in [-0.05, 0) is 42.6 Å². The lowest BCUT2D eigenvalue weighted by Gasteiger charge is -2.19. The van der Waals surface area contributed by atoms with Crippen molar-refractivity contribution in [2.75, 3.05) is 6.54 Å². The molecule has 1 aliphatic rings. The maximum Gasteiger partial charge on any atom is 0.118 e. The van der Waals surface area contributed by atoms with Crippen molar-refractivity contribution in [1.82, 2.24) is 5.32 Å². The molecule has 0 aromatic heterocycles. The molecule has 2 N–H and O–H groups in total. The van der Waals surface area contributed by atoms with Crippen LogP contribution in [0, 0.1) is 6.92 Å².